The highest BCUT2D eigenvalue weighted by Gasteiger charge is 2.10. The molecule has 0 spiro atoms. The molecule has 0 fully saturated rings. The molecule has 0 radical (unpaired) electrons. The minimum absolute atomic E-state index is 1.00. The fourth-order valence-corrected chi connectivity index (χ4v) is 1.29. The van der Waals surface area contributed by atoms with Gasteiger partial charge in [0.15, 0.2) is 0 Å². The maximum absolute atomic E-state index is 3.21. The summed E-state index contributed by atoms with van der Waals surface area (Å²) in [5.41, 5.74) is 2.59. The number of hydrogen-bond donors (Lipinski definition) is 1. The van der Waals surface area contributed by atoms with Gasteiger partial charge in [-0.2, -0.15) is 0 Å². The van der Waals surface area contributed by atoms with Gasteiger partial charge in [0, 0.05) is 5.56 Å². The maximum atomic E-state index is 3.21. The number of rotatable bonds is 0. The third-order valence-electron chi connectivity index (χ3n) is 1.88. The molecular weight excluding hydrogens is 136 g/mol. The van der Waals surface area contributed by atoms with Crippen LogP contribution in [0.15, 0.2) is 24.3 Å². The predicted molar refractivity (Wildman–Crippen MR) is 46.0 cm³/mol. The molecule has 1 aliphatic rings. The van der Waals surface area contributed by atoms with Crippen molar-refractivity contribution in [2.75, 3.05) is 12.4 Å². The molecule has 0 amide bonds. The van der Waals surface area contributed by atoms with Gasteiger partial charge >= 0.3 is 0 Å². The Hall–Kier alpha value is -1.31. The summed E-state index contributed by atoms with van der Waals surface area (Å²) in [6, 6.07) is 8.36. The number of nitrogens with one attached hydrogen (secondary N) is 1. The van der Waals surface area contributed by atoms with E-state index < -0.39 is 0 Å². The van der Waals surface area contributed by atoms with Crippen LogP contribution in [-0.2, 0) is 6.54 Å². The lowest BCUT2D eigenvalue weighted by atomic mass is 10.1. The van der Waals surface area contributed by atoms with E-state index in [0.717, 1.165) is 6.54 Å². The Kier molecular flexibility index (Phi) is 1.39. The molecule has 2 rings (SSSR count). The Labute approximate surface area is 66.2 Å². The van der Waals surface area contributed by atoms with Crippen LogP contribution in [0.4, 0.5) is 5.69 Å². The summed E-state index contributed by atoms with van der Waals surface area (Å²) in [6.45, 7) is 1.00. The van der Waals surface area contributed by atoms with Crippen LogP contribution in [-0.4, -0.2) is 18.0 Å². The van der Waals surface area contributed by atoms with Crippen molar-refractivity contribution in [2.24, 2.45) is 0 Å². The molecule has 1 aliphatic heterocycles. The monoisotopic (exact) mass is 147 g/mol. The lowest BCUT2D eigenvalue weighted by molar-refractivity contribution is -0.510. The number of nitrogens with zero attached hydrogens (tertiary/aromatic N) is 1. The molecule has 1 heterocycles. The van der Waals surface area contributed by atoms with Crippen LogP contribution in [0.1, 0.15) is 5.56 Å². The molecule has 0 bridgehead atoms. The van der Waals surface area contributed by atoms with Crippen molar-refractivity contribution in [3.05, 3.63) is 29.8 Å². The van der Waals surface area contributed by atoms with Crippen molar-refractivity contribution in [2.45, 2.75) is 6.54 Å². The van der Waals surface area contributed by atoms with Gasteiger partial charge in [0.1, 0.15) is 12.2 Å². The minimum atomic E-state index is 1.00. The normalized spacial score (nSPS) is 14.8. The highest BCUT2D eigenvalue weighted by Crippen LogP contribution is 2.16. The van der Waals surface area contributed by atoms with E-state index >= 15 is 0 Å². The summed E-state index contributed by atoms with van der Waals surface area (Å²) in [5, 5.41) is 3.21. The summed E-state index contributed by atoms with van der Waals surface area (Å²) in [7, 11) is 2.06. The van der Waals surface area contributed by atoms with Gasteiger partial charge < -0.3 is 0 Å². The fraction of sp³-hybridized carbons (Fsp3) is 0.222. The second-order valence-electron chi connectivity index (χ2n) is 2.85. The quantitative estimate of drug-likeness (QED) is 0.546. The first kappa shape index (κ1) is 6.40. The Morgan fingerprint density at radius 2 is 2.18 bits per heavy atom. The van der Waals surface area contributed by atoms with E-state index in [2.05, 4.69) is 35.1 Å². The van der Waals surface area contributed by atoms with E-state index in [-0.39, 0.29) is 0 Å². The Morgan fingerprint density at radius 1 is 1.36 bits per heavy atom. The average Bonchev–Trinajstić information content (AvgIpc) is 2.04. The number of fused-ring (bicyclic) bond motifs is 1. The first-order chi connectivity index (χ1) is 5.36. The molecule has 0 aliphatic carbocycles. The van der Waals surface area contributed by atoms with Crippen LogP contribution in [0.25, 0.3) is 0 Å². The molecule has 1 aromatic rings. The van der Waals surface area contributed by atoms with Gasteiger partial charge in [0.05, 0.1) is 7.05 Å². The molecule has 0 saturated carbocycles. The Morgan fingerprint density at radius 3 is 3.09 bits per heavy atom. The molecule has 1 N–H and O–H groups in total. The molecule has 11 heavy (non-hydrogen) atoms. The molecule has 1 aromatic carbocycles. The lowest BCUT2D eigenvalue weighted by Crippen LogP contribution is -2.18. The molecule has 2 heteroatoms. The second-order valence-corrected chi connectivity index (χ2v) is 2.85. The standard InChI is InChI=1S/C9H10N2/c1-11-6-8-4-2-3-5-9(8)10-7-11/h2-5,7H,6H2,1H3/p+1. The van der Waals surface area contributed by atoms with E-state index in [1.807, 2.05) is 12.4 Å². The van der Waals surface area contributed by atoms with Crippen molar-refractivity contribution in [3.8, 4) is 0 Å². The smallest absolute Gasteiger partial charge is 0.237 e. The molecule has 0 saturated heterocycles. The number of anilines is 1. The van der Waals surface area contributed by atoms with Crippen molar-refractivity contribution in [1.82, 2.24) is 0 Å². The number of para-hydroxylation sites is 1. The van der Waals surface area contributed by atoms with Crippen LogP contribution in [0, 0.1) is 0 Å². The minimum Gasteiger partial charge on any atom is -0.266 e. The zero-order valence-electron chi connectivity index (χ0n) is 6.54. The van der Waals surface area contributed by atoms with Crippen molar-refractivity contribution >= 4 is 12.0 Å². The van der Waals surface area contributed by atoms with Gasteiger partial charge in [-0.1, -0.05) is 18.2 Å². The molecule has 56 valence electrons. The summed E-state index contributed by atoms with van der Waals surface area (Å²) in [4.78, 5) is 0. The van der Waals surface area contributed by atoms with Crippen LogP contribution in [0.2, 0.25) is 0 Å². The third kappa shape index (κ3) is 1.11. The summed E-state index contributed by atoms with van der Waals surface area (Å²) >= 11 is 0. The van der Waals surface area contributed by atoms with Crippen LogP contribution >= 0.6 is 0 Å². The van der Waals surface area contributed by atoms with E-state index in [9.17, 15) is 0 Å². The van der Waals surface area contributed by atoms with E-state index in [1.165, 1.54) is 11.3 Å². The summed E-state index contributed by atoms with van der Waals surface area (Å²) in [5.74, 6) is 0. The van der Waals surface area contributed by atoms with Crippen LogP contribution < -0.4 is 5.32 Å². The van der Waals surface area contributed by atoms with E-state index in [0.29, 0.717) is 0 Å². The number of hydrogen-bond acceptors (Lipinski definition) is 1. The molecule has 2 nitrogen and oxygen atoms in total. The molecule has 0 aromatic heterocycles. The summed E-state index contributed by atoms with van der Waals surface area (Å²) < 4.78 is 2.13. The molecule has 0 unspecified atom stereocenters. The van der Waals surface area contributed by atoms with Crippen molar-refractivity contribution in [3.63, 3.8) is 0 Å². The Bertz CT molecular complexity index is 302. The second kappa shape index (κ2) is 2.38. The van der Waals surface area contributed by atoms with Gasteiger partial charge in [0.2, 0.25) is 6.34 Å². The number of benzene rings is 1. The maximum Gasteiger partial charge on any atom is 0.237 e. The lowest BCUT2D eigenvalue weighted by Gasteiger charge is -2.10. The predicted octanol–water partition coefficient (Wildman–Crippen LogP) is 1.28. The van der Waals surface area contributed by atoms with Gasteiger partial charge in [-0.15, -0.1) is 0 Å². The highest BCUT2D eigenvalue weighted by atomic mass is 15.1. The topological polar surface area (TPSA) is 15.0 Å². The first-order valence-electron chi connectivity index (χ1n) is 3.74. The van der Waals surface area contributed by atoms with Gasteiger partial charge in [-0.25, -0.2) is 5.32 Å². The zero-order chi connectivity index (χ0) is 7.68. The van der Waals surface area contributed by atoms with E-state index in [1.54, 1.807) is 0 Å². The van der Waals surface area contributed by atoms with Gasteiger partial charge in [-0.3, -0.25) is 4.58 Å². The van der Waals surface area contributed by atoms with Crippen molar-refractivity contribution < 1.29 is 4.58 Å². The van der Waals surface area contributed by atoms with Gasteiger partial charge in [0.25, 0.3) is 0 Å². The van der Waals surface area contributed by atoms with E-state index in [4.69, 9.17) is 0 Å². The van der Waals surface area contributed by atoms with Crippen LogP contribution in [0.5, 0.6) is 0 Å². The van der Waals surface area contributed by atoms with Crippen molar-refractivity contribution in [1.29, 1.82) is 0 Å². The molecule has 0 atom stereocenters. The SMILES string of the molecule is C[N+]1=CNc2ccccc2C1. The first-order valence-corrected chi connectivity index (χ1v) is 3.74. The van der Waals surface area contributed by atoms with Gasteiger partial charge in [-0.05, 0) is 6.07 Å². The third-order valence-corrected chi connectivity index (χ3v) is 1.88. The average molecular weight is 147 g/mol. The summed E-state index contributed by atoms with van der Waals surface area (Å²) in [6.07, 6.45) is 1.99. The fourth-order valence-electron chi connectivity index (χ4n) is 1.29. The zero-order valence-corrected chi connectivity index (χ0v) is 6.54. The highest BCUT2D eigenvalue weighted by molar-refractivity contribution is 5.75. The Balaban J connectivity index is 2.42. The van der Waals surface area contributed by atoms with Crippen LogP contribution in [0.3, 0.4) is 0 Å². The largest absolute Gasteiger partial charge is 0.266 e. The molecular formula is C9H11N2+.